The van der Waals surface area contributed by atoms with E-state index in [1.807, 2.05) is 12.3 Å². The Kier molecular flexibility index (Phi) is 0.707. The number of rotatable bonds is 0. The van der Waals surface area contributed by atoms with E-state index >= 15 is 0 Å². The van der Waals surface area contributed by atoms with Crippen molar-refractivity contribution in [3.63, 3.8) is 0 Å². The first-order chi connectivity index (χ1) is 4.38. The first kappa shape index (κ1) is 4.62. The van der Waals surface area contributed by atoms with E-state index in [1.165, 1.54) is 10.8 Å². The second-order valence-electron chi connectivity index (χ2n) is 2.16. The Morgan fingerprint density at radius 2 is 2.33 bits per heavy atom. The molecular weight excluding hydrogens is 110 g/mol. The van der Waals surface area contributed by atoms with Crippen LogP contribution in [0.4, 0.5) is 0 Å². The maximum absolute atomic E-state index is 3.83. The Hall–Kier alpha value is -1.24. The fourth-order valence-corrected chi connectivity index (χ4v) is 1.08. The van der Waals surface area contributed by atoms with Crippen LogP contribution in [0.3, 0.4) is 0 Å². The largest absolute Gasteiger partial charge is 0.361 e. The molecule has 0 bridgehead atoms. The number of aromatic amines is 1. The average Bonchev–Trinajstić information content (AvgIpc) is 2.35. The summed E-state index contributed by atoms with van der Waals surface area (Å²) >= 11 is 0. The molecule has 0 amide bonds. The van der Waals surface area contributed by atoms with Gasteiger partial charge in [-0.15, -0.1) is 0 Å². The van der Waals surface area contributed by atoms with Gasteiger partial charge in [0.25, 0.3) is 0 Å². The van der Waals surface area contributed by atoms with Gasteiger partial charge in [-0.05, 0) is 5.56 Å². The maximum Gasteiger partial charge on any atom is 0.0387 e. The molecule has 1 heteroatoms. The summed E-state index contributed by atoms with van der Waals surface area (Å²) in [6, 6.07) is 0. The van der Waals surface area contributed by atoms with Gasteiger partial charge in [-0.3, -0.25) is 0 Å². The van der Waals surface area contributed by atoms with Crippen LogP contribution < -0.4 is 10.6 Å². The molecule has 1 aromatic rings. The standard InChI is InChI=1S/C8H7N/c1-6-8-4-2-3-7(8)5-9-6/h2-5,9H,1H2. The molecule has 0 saturated heterocycles. The third-order valence-corrected chi connectivity index (χ3v) is 1.58. The number of hydrogen-bond acceptors (Lipinski definition) is 0. The zero-order chi connectivity index (χ0) is 6.27. The Morgan fingerprint density at radius 1 is 1.44 bits per heavy atom. The van der Waals surface area contributed by atoms with Crippen LogP contribution in [0.5, 0.6) is 0 Å². The zero-order valence-corrected chi connectivity index (χ0v) is 5.02. The van der Waals surface area contributed by atoms with Crippen LogP contribution in [-0.2, 0) is 0 Å². The summed E-state index contributed by atoms with van der Waals surface area (Å²) in [5.41, 5.74) is 1.25. The second-order valence-corrected chi connectivity index (χ2v) is 2.16. The van der Waals surface area contributed by atoms with E-state index in [4.69, 9.17) is 0 Å². The fourth-order valence-electron chi connectivity index (χ4n) is 1.08. The van der Waals surface area contributed by atoms with Crippen molar-refractivity contribution in [3.05, 3.63) is 28.4 Å². The molecule has 9 heavy (non-hydrogen) atoms. The third kappa shape index (κ3) is 0.486. The van der Waals surface area contributed by atoms with Gasteiger partial charge in [-0.25, -0.2) is 0 Å². The van der Waals surface area contributed by atoms with Gasteiger partial charge in [0.15, 0.2) is 0 Å². The lowest BCUT2D eigenvalue weighted by Gasteiger charge is -1.70. The first-order valence-electron chi connectivity index (χ1n) is 2.92. The number of H-pyrrole nitrogens is 1. The van der Waals surface area contributed by atoms with E-state index in [2.05, 4.69) is 23.7 Å². The molecule has 1 aliphatic carbocycles. The van der Waals surface area contributed by atoms with Gasteiger partial charge in [-0.2, -0.15) is 0 Å². The van der Waals surface area contributed by atoms with Crippen LogP contribution in [0, 0.1) is 0 Å². The van der Waals surface area contributed by atoms with Crippen molar-refractivity contribution in [1.29, 1.82) is 0 Å². The van der Waals surface area contributed by atoms with Gasteiger partial charge in [0.1, 0.15) is 0 Å². The van der Waals surface area contributed by atoms with Gasteiger partial charge in [0.05, 0.1) is 0 Å². The highest BCUT2D eigenvalue weighted by Gasteiger charge is 1.95. The summed E-state index contributed by atoms with van der Waals surface area (Å²) < 4.78 is 0. The zero-order valence-electron chi connectivity index (χ0n) is 5.02. The highest BCUT2D eigenvalue weighted by atomic mass is 14.6. The van der Waals surface area contributed by atoms with E-state index in [-0.39, 0.29) is 0 Å². The van der Waals surface area contributed by atoms with Crippen molar-refractivity contribution >= 4 is 18.7 Å². The Balaban J connectivity index is 3.04. The predicted molar refractivity (Wildman–Crippen MR) is 39.1 cm³/mol. The lowest BCUT2D eigenvalue weighted by atomic mass is 10.3. The topological polar surface area (TPSA) is 15.8 Å². The Labute approximate surface area is 53.0 Å². The molecule has 0 saturated carbocycles. The summed E-state index contributed by atoms with van der Waals surface area (Å²) in [5, 5.41) is 2.24. The van der Waals surface area contributed by atoms with E-state index < -0.39 is 0 Å². The minimum absolute atomic E-state index is 1.01. The summed E-state index contributed by atoms with van der Waals surface area (Å²) in [5.74, 6) is 0. The van der Waals surface area contributed by atoms with Crippen molar-refractivity contribution < 1.29 is 0 Å². The van der Waals surface area contributed by atoms with Gasteiger partial charge in [0, 0.05) is 16.8 Å². The smallest absolute Gasteiger partial charge is 0.0387 e. The highest BCUT2D eigenvalue weighted by Crippen LogP contribution is 1.96. The molecule has 0 fully saturated rings. The SMILES string of the molecule is C=c1[nH]cc2c1=CC=C2. The number of nitrogens with one attached hydrogen (secondary N) is 1. The van der Waals surface area contributed by atoms with Gasteiger partial charge >= 0.3 is 0 Å². The van der Waals surface area contributed by atoms with Crippen molar-refractivity contribution in [2.45, 2.75) is 0 Å². The molecule has 0 spiro atoms. The van der Waals surface area contributed by atoms with E-state index in [1.54, 1.807) is 0 Å². The quantitative estimate of drug-likeness (QED) is 0.500. The molecular formula is C8H7N. The molecule has 1 heterocycles. The van der Waals surface area contributed by atoms with Crippen LogP contribution >= 0.6 is 0 Å². The minimum Gasteiger partial charge on any atom is -0.361 e. The van der Waals surface area contributed by atoms with Crippen LogP contribution in [-0.4, -0.2) is 4.98 Å². The summed E-state index contributed by atoms with van der Waals surface area (Å²) in [6.07, 6.45) is 8.14. The monoisotopic (exact) mass is 117 g/mol. The lowest BCUT2D eigenvalue weighted by molar-refractivity contribution is 1.33. The summed E-state index contributed by atoms with van der Waals surface area (Å²) in [7, 11) is 0. The Bertz CT molecular complexity index is 354. The van der Waals surface area contributed by atoms with Crippen LogP contribution in [0.25, 0.3) is 18.7 Å². The fraction of sp³-hybridized carbons (Fsp3) is 0. The van der Waals surface area contributed by atoms with Gasteiger partial charge in [0.2, 0.25) is 0 Å². The highest BCUT2D eigenvalue weighted by molar-refractivity contribution is 5.66. The minimum atomic E-state index is 1.01. The molecule has 0 atom stereocenters. The van der Waals surface area contributed by atoms with Crippen LogP contribution in [0.15, 0.2) is 12.3 Å². The summed E-state index contributed by atoms with van der Waals surface area (Å²) in [4.78, 5) is 3.05. The average molecular weight is 117 g/mol. The lowest BCUT2D eigenvalue weighted by Crippen LogP contribution is -2.20. The van der Waals surface area contributed by atoms with Crippen molar-refractivity contribution in [2.75, 3.05) is 0 Å². The number of allylic oxidation sites excluding steroid dienone is 1. The predicted octanol–water partition coefficient (Wildman–Crippen LogP) is 0.232. The number of hydrogen-bond donors (Lipinski definition) is 1. The number of aromatic nitrogens is 1. The molecule has 0 aromatic carbocycles. The molecule has 1 N–H and O–H groups in total. The molecule has 0 unspecified atom stereocenters. The molecule has 2 rings (SSSR count). The third-order valence-electron chi connectivity index (χ3n) is 1.58. The van der Waals surface area contributed by atoms with E-state index in [9.17, 15) is 0 Å². The van der Waals surface area contributed by atoms with Crippen molar-refractivity contribution in [2.24, 2.45) is 0 Å². The molecule has 44 valence electrons. The second kappa shape index (κ2) is 1.38. The van der Waals surface area contributed by atoms with Crippen molar-refractivity contribution in [1.82, 2.24) is 4.98 Å². The summed E-state index contributed by atoms with van der Waals surface area (Å²) in [6.45, 7) is 3.83. The Morgan fingerprint density at radius 3 is 3.11 bits per heavy atom. The maximum atomic E-state index is 3.83. The molecule has 0 radical (unpaired) electrons. The van der Waals surface area contributed by atoms with E-state index in [0.717, 1.165) is 5.35 Å². The van der Waals surface area contributed by atoms with Gasteiger partial charge in [-0.1, -0.05) is 24.8 Å². The normalized spacial score (nSPS) is 13.3. The van der Waals surface area contributed by atoms with Crippen molar-refractivity contribution in [3.8, 4) is 0 Å². The number of fused-ring (bicyclic) bond motifs is 1. The molecule has 1 aliphatic rings. The first-order valence-corrected chi connectivity index (χ1v) is 2.92. The van der Waals surface area contributed by atoms with Crippen LogP contribution in [0.2, 0.25) is 0 Å². The molecule has 1 aromatic heterocycles. The van der Waals surface area contributed by atoms with E-state index in [0.29, 0.717) is 0 Å². The van der Waals surface area contributed by atoms with Gasteiger partial charge < -0.3 is 4.98 Å². The molecule has 1 nitrogen and oxygen atoms in total. The molecule has 0 aliphatic heterocycles. The van der Waals surface area contributed by atoms with Crippen LogP contribution in [0.1, 0.15) is 5.56 Å².